The summed E-state index contributed by atoms with van der Waals surface area (Å²) >= 11 is 0. The number of amides is 1. The van der Waals surface area contributed by atoms with Gasteiger partial charge in [-0.25, -0.2) is 0 Å². The first-order valence-electron chi connectivity index (χ1n) is 9.72. The van der Waals surface area contributed by atoms with Crippen LogP contribution >= 0.6 is 0 Å². The predicted octanol–water partition coefficient (Wildman–Crippen LogP) is 4.86. The number of anilines is 1. The van der Waals surface area contributed by atoms with Crippen LogP contribution < -0.4 is 10.9 Å². The molecule has 0 aliphatic heterocycles. The highest BCUT2D eigenvalue weighted by molar-refractivity contribution is 6.04. The fourth-order valence-corrected chi connectivity index (χ4v) is 3.47. The topological polar surface area (TPSA) is 51.1 Å². The van der Waals surface area contributed by atoms with Crippen molar-refractivity contribution >= 4 is 22.4 Å². The Balaban J connectivity index is 1.61. The number of benzene rings is 3. The van der Waals surface area contributed by atoms with Gasteiger partial charge in [-0.05, 0) is 52.6 Å². The number of rotatable bonds is 5. The molecule has 0 unspecified atom stereocenters. The molecule has 0 atom stereocenters. The number of fused-ring (bicyclic) bond motifs is 1. The number of aryl methyl sites for hydroxylation is 1. The van der Waals surface area contributed by atoms with Gasteiger partial charge in [0.15, 0.2) is 0 Å². The summed E-state index contributed by atoms with van der Waals surface area (Å²) in [5, 5.41) is 5.05. The number of nitrogens with zero attached hydrogens (tertiary/aromatic N) is 1. The Kier molecular flexibility index (Phi) is 5.25. The second-order valence-electron chi connectivity index (χ2n) is 7.00. The van der Waals surface area contributed by atoms with Crippen LogP contribution in [-0.4, -0.2) is 10.5 Å². The van der Waals surface area contributed by atoms with E-state index in [4.69, 9.17) is 0 Å². The van der Waals surface area contributed by atoms with Crippen LogP contribution in [0.5, 0.6) is 0 Å². The van der Waals surface area contributed by atoms with E-state index >= 15 is 0 Å². The van der Waals surface area contributed by atoms with Crippen LogP contribution in [0.1, 0.15) is 28.4 Å². The second kappa shape index (κ2) is 8.15. The molecule has 1 aromatic heterocycles. The van der Waals surface area contributed by atoms with Crippen LogP contribution in [0.4, 0.5) is 5.69 Å². The zero-order chi connectivity index (χ0) is 20.2. The molecule has 4 heteroatoms. The fourth-order valence-electron chi connectivity index (χ4n) is 3.47. The number of carbonyl (C=O) groups is 1. The van der Waals surface area contributed by atoms with Crippen LogP contribution in [0.3, 0.4) is 0 Å². The summed E-state index contributed by atoms with van der Waals surface area (Å²) in [4.78, 5) is 25.6. The molecule has 0 radical (unpaired) electrons. The van der Waals surface area contributed by atoms with Crippen LogP contribution in [0.2, 0.25) is 0 Å². The first-order valence-corrected chi connectivity index (χ1v) is 9.72. The van der Waals surface area contributed by atoms with E-state index in [-0.39, 0.29) is 11.1 Å². The lowest BCUT2D eigenvalue weighted by Gasteiger charge is -2.11. The summed E-state index contributed by atoms with van der Waals surface area (Å²) in [6.07, 6.45) is 2.66. The Hall–Kier alpha value is -3.66. The van der Waals surface area contributed by atoms with Crippen molar-refractivity contribution in [2.75, 3.05) is 5.32 Å². The lowest BCUT2D eigenvalue weighted by atomic mass is 10.0. The van der Waals surface area contributed by atoms with Crippen molar-refractivity contribution in [3.63, 3.8) is 0 Å². The van der Waals surface area contributed by atoms with Crippen molar-refractivity contribution in [3.8, 4) is 0 Å². The third kappa shape index (κ3) is 3.97. The normalized spacial score (nSPS) is 10.8. The van der Waals surface area contributed by atoms with Gasteiger partial charge in [0.2, 0.25) is 0 Å². The van der Waals surface area contributed by atoms with Crippen LogP contribution in [0.25, 0.3) is 10.8 Å². The minimum atomic E-state index is -0.397. The van der Waals surface area contributed by atoms with E-state index in [0.717, 1.165) is 22.8 Å². The van der Waals surface area contributed by atoms with E-state index in [1.54, 1.807) is 22.9 Å². The van der Waals surface area contributed by atoms with Crippen molar-refractivity contribution < 1.29 is 4.79 Å². The number of hydrogen-bond donors (Lipinski definition) is 1. The SMILES string of the molecule is CCc1ccc(NC(=O)c2cccn(Cc3cccc4ccccc34)c2=O)cc1. The van der Waals surface area contributed by atoms with Gasteiger partial charge in [-0.2, -0.15) is 0 Å². The quantitative estimate of drug-likeness (QED) is 0.536. The summed E-state index contributed by atoms with van der Waals surface area (Å²) in [5.74, 6) is -0.397. The van der Waals surface area contributed by atoms with Gasteiger partial charge in [0.25, 0.3) is 11.5 Å². The average Bonchev–Trinajstić information content (AvgIpc) is 2.76. The lowest BCUT2D eigenvalue weighted by molar-refractivity contribution is 0.102. The molecule has 144 valence electrons. The van der Waals surface area contributed by atoms with Crippen molar-refractivity contribution in [2.24, 2.45) is 0 Å². The summed E-state index contributed by atoms with van der Waals surface area (Å²) < 4.78 is 1.58. The van der Waals surface area contributed by atoms with E-state index in [2.05, 4.69) is 24.4 Å². The average molecular weight is 382 g/mol. The molecule has 0 fully saturated rings. The minimum Gasteiger partial charge on any atom is -0.322 e. The number of hydrogen-bond acceptors (Lipinski definition) is 2. The molecule has 1 heterocycles. The second-order valence-corrected chi connectivity index (χ2v) is 7.00. The summed E-state index contributed by atoms with van der Waals surface area (Å²) in [6, 6.07) is 25.1. The van der Waals surface area contributed by atoms with Crippen molar-refractivity contribution in [2.45, 2.75) is 19.9 Å². The summed E-state index contributed by atoms with van der Waals surface area (Å²) in [5.41, 5.74) is 2.74. The molecule has 0 spiro atoms. The Morgan fingerprint density at radius 2 is 1.66 bits per heavy atom. The van der Waals surface area contributed by atoms with Gasteiger partial charge < -0.3 is 9.88 Å². The van der Waals surface area contributed by atoms with E-state index in [1.165, 1.54) is 5.56 Å². The Morgan fingerprint density at radius 3 is 2.45 bits per heavy atom. The van der Waals surface area contributed by atoms with E-state index in [9.17, 15) is 9.59 Å². The van der Waals surface area contributed by atoms with Crippen LogP contribution in [0, 0.1) is 0 Å². The standard InChI is InChI=1S/C25H22N2O2/c1-2-18-12-14-21(15-13-18)26-24(28)23-11-6-16-27(25(23)29)17-20-9-5-8-19-7-3-4-10-22(19)20/h3-16H,2,17H2,1H3,(H,26,28). The molecule has 0 bridgehead atoms. The molecule has 0 saturated heterocycles. The maximum atomic E-state index is 12.9. The molecule has 1 N–H and O–H groups in total. The summed E-state index contributed by atoms with van der Waals surface area (Å²) in [7, 11) is 0. The first kappa shape index (κ1) is 18.7. The predicted molar refractivity (Wildman–Crippen MR) is 118 cm³/mol. The largest absolute Gasteiger partial charge is 0.322 e. The third-order valence-electron chi connectivity index (χ3n) is 5.11. The molecule has 0 aliphatic carbocycles. The van der Waals surface area contributed by atoms with Gasteiger partial charge in [-0.3, -0.25) is 9.59 Å². The lowest BCUT2D eigenvalue weighted by Crippen LogP contribution is -2.29. The zero-order valence-corrected chi connectivity index (χ0v) is 16.3. The van der Waals surface area contributed by atoms with Gasteiger partial charge in [0.05, 0.1) is 6.54 Å². The molecular weight excluding hydrogens is 360 g/mol. The van der Waals surface area contributed by atoms with Gasteiger partial charge >= 0.3 is 0 Å². The zero-order valence-electron chi connectivity index (χ0n) is 16.3. The maximum absolute atomic E-state index is 12.9. The van der Waals surface area contributed by atoms with Gasteiger partial charge in [-0.15, -0.1) is 0 Å². The van der Waals surface area contributed by atoms with Crippen LogP contribution in [0.15, 0.2) is 89.9 Å². The summed E-state index contributed by atoms with van der Waals surface area (Å²) in [6.45, 7) is 2.49. The maximum Gasteiger partial charge on any atom is 0.263 e. The molecule has 0 aliphatic rings. The van der Waals surface area contributed by atoms with Gasteiger partial charge in [0, 0.05) is 11.9 Å². The van der Waals surface area contributed by atoms with Crippen molar-refractivity contribution in [1.82, 2.24) is 4.57 Å². The molecular formula is C25H22N2O2. The molecule has 0 saturated carbocycles. The van der Waals surface area contributed by atoms with E-state index in [0.29, 0.717) is 12.2 Å². The minimum absolute atomic E-state index is 0.132. The molecule has 1 amide bonds. The van der Waals surface area contributed by atoms with E-state index < -0.39 is 5.91 Å². The first-order chi connectivity index (χ1) is 14.2. The Labute approximate surface area is 169 Å². The monoisotopic (exact) mass is 382 g/mol. The van der Waals surface area contributed by atoms with Crippen molar-refractivity contribution in [1.29, 1.82) is 0 Å². The number of pyridine rings is 1. The Morgan fingerprint density at radius 1 is 0.897 bits per heavy atom. The molecule has 4 nitrogen and oxygen atoms in total. The third-order valence-corrected chi connectivity index (χ3v) is 5.11. The highest BCUT2D eigenvalue weighted by atomic mass is 16.2. The molecule has 4 rings (SSSR count). The number of carbonyl (C=O) groups excluding carboxylic acids is 1. The number of aromatic nitrogens is 1. The smallest absolute Gasteiger partial charge is 0.263 e. The van der Waals surface area contributed by atoms with Crippen LogP contribution in [-0.2, 0) is 13.0 Å². The van der Waals surface area contributed by atoms with Gasteiger partial charge in [0.1, 0.15) is 5.56 Å². The highest BCUT2D eigenvalue weighted by Gasteiger charge is 2.13. The Bertz CT molecular complexity index is 1220. The van der Waals surface area contributed by atoms with Crippen molar-refractivity contribution in [3.05, 3.63) is 112 Å². The molecule has 29 heavy (non-hydrogen) atoms. The molecule has 3 aromatic carbocycles. The van der Waals surface area contributed by atoms with Gasteiger partial charge in [-0.1, -0.05) is 61.5 Å². The molecule has 4 aromatic rings. The highest BCUT2D eigenvalue weighted by Crippen LogP contribution is 2.19. The number of nitrogens with one attached hydrogen (secondary N) is 1. The fraction of sp³-hybridized carbons (Fsp3) is 0.120. The van der Waals surface area contributed by atoms with E-state index in [1.807, 2.05) is 54.6 Å².